The number of alkyl halides is 1. The molecule has 1 aliphatic heterocycles. The molecule has 5 heteroatoms. The lowest BCUT2D eigenvalue weighted by Crippen LogP contribution is -2.41. The van der Waals surface area contributed by atoms with E-state index >= 15 is 0 Å². The smallest absolute Gasteiger partial charge is 0.245 e. The molecule has 94 valence electrons. The van der Waals surface area contributed by atoms with Crippen LogP contribution in [-0.2, 0) is 0 Å². The Morgan fingerprint density at radius 2 is 2.00 bits per heavy atom. The molecule has 0 amide bonds. The van der Waals surface area contributed by atoms with E-state index < -0.39 is 0 Å². The maximum absolute atomic E-state index is 6.31. The molecule has 3 rings (SSSR count). The van der Waals surface area contributed by atoms with E-state index in [4.69, 9.17) is 11.6 Å². The van der Waals surface area contributed by atoms with Crippen molar-refractivity contribution in [3.8, 4) is 0 Å². The van der Waals surface area contributed by atoms with Gasteiger partial charge >= 0.3 is 0 Å². The van der Waals surface area contributed by atoms with Crippen molar-refractivity contribution in [1.29, 1.82) is 0 Å². The van der Waals surface area contributed by atoms with Gasteiger partial charge < -0.3 is 4.90 Å². The Morgan fingerprint density at radius 1 is 1.22 bits per heavy atom. The van der Waals surface area contributed by atoms with Crippen LogP contribution in [0.15, 0.2) is 24.3 Å². The van der Waals surface area contributed by atoms with Gasteiger partial charge in [-0.05, 0) is 24.5 Å². The van der Waals surface area contributed by atoms with E-state index in [-0.39, 0.29) is 5.38 Å². The minimum absolute atomic E-state index is 0.161. The molecule has 0 spiro atoms. The number of benzene rings is 1. The average Bonchev–Trinajstić information content (AvgIpc) is 2.41. The molecule has 0 radical (unpaired) electrons. The quantitative estimate of drug-likeness (QED) is 0.741. The van der Waals surface area contributed by atoms with Crippen LogP contribution in [0.2, 0.25) is 0 Å². The Hall–Kier alpha value is -1.42. The number of aromatic nitrogens is 3. The highest BCUT2D eigenvalue weighted by Gasteiger charge is 2.26. The second kappa shape index (κ2) is 4.69. The molecule has 1 aromatic carbocycles. The molecule has 2 heterocycles. The fourth-order valence-corrected chi connectivity index (χ4v) is 2.50. The highest BCUT2D eigenvalue weighted by molar-refractivity contribution is 6.21. The zero-order valence-electron chi connectivity index (χ0n) is 10.3. The molecule has 18 heavy (non-hydrogen) atoms. The van der Waals surface area contributed by atoms with Gasteiger partial charge in [-0.15, -0.1) is 21.8 Å². The van der Waals surface area contributed by atoms with Crippen LogP contribution in [0, 0.1) is 5.92 Å². The summed E-state index contributed by atoms with van der Waals surface area (Å²) in [7, 11) is 0. The first kappa shape index (κ1) is 11.7. The van der Waals surface area contributed by atoms with Gasteiger partial charge in [0.2, 0.25) is 5.95 Å². The third-order valence-electron chi connectivity index (χ3n) is 3.50. The summed E-state index contributed by atoms with van der Waals surface area (Å²) >= 11 is 6.31. The fourth-order valence-electron chi connectivity index (χ4n) is 2.21. The summed E-state index contributed by atoms with van der Waals surface area (Å²) in [5.41, 5.74) is 1.71. The molecular weight excluding hydrogens is 248 g/mol. The fraction of sp³-hybridized carbons (Fsp3) is 0.462. The molecule has 2 unspecified atom stereocenters. The summed E-state index contributed by atoms with van der Waals surface area (Å²) in [5, 5.41) is 8.56. The van der Waals surface area contributed by atoms with Crippen molar-refractivity contribution in [3.05, 3.63) is 24.3 Å². The number of hydrogen-bond acceptors (Lipinski definition) is 4. The SMILES string of the molecule is CC1CCN(c2nnc3ccccc3n2)CC1Cl. The molecule has 2 atom stereocenters. The Bertz CT molecular complexity index is 559. The van der Waals surface area contributed by atoms with Gasteiger partial charge in [0.1, 0.15) is 5.52 Å². The lowest BCUT2D eigenvalue weighted by atomic mass is 9.99. The van der Waals surface area contributed by atoms with E-state index in [2.05, 4.69) is 27.0 Å². The van der Waals surface area contributed by atoms with Crippen LogP contribution in [0.3, 0.4) is 0 Å². The van der Waals surface area contributed by atoms with Crippen molar-refractivity contribution in [2.75, 3.05) is 18.0 Å². The van der Waals surface area contributed by atoms with E-state index in [1.807, 2.05) is 24.3 Å². The van der Waals surface area contributed by atoms with E-state index in [1.54, 1.807) is 0 Å². The van der Waals surface area contributed by atoms with Crippen LogP contribution < -0.4 is 4.90 Å². The highest BCUT2D eigenvalue weighted by atomic mass is 35.5. The Labute approximate surface area is 111 Å². The highest BCUT2D eigenvalue weighted by Crippen LogP contribution is 2.24. The van der Waals surface area contributed by atoms with Crippen LogP contribution in [0.5, 0.6) is 0 Å². The first-order valence-corrected chi connectivity index (χ1v) is 6.66. The van der Waals surface area contributed by atoms with Crippen molar-refractivity contribution in [2.24, 2.45) is 5.92 Å². The second-order valence-corrected chi connectivity index (χ2v) is 5.39. The van der Waals surface area contributed by atoms with Gasteiger partial charge in [0.25, 0.3) is 0 Å². The number of hydrogen-bond donors (Lipinski definition) is 0. The van der Waals surface area contributed by atoms with Crippen molar-refractivity contribution in [2.45, 2.75) is 18.7 Å². The molecule has 2 aromatic rings. The van der Waals surface area contributed by atoms with E-state index in [1.165, 1.54) is 0 Å². The third kappa shape index (κ3) is 2.12. The molecule has 1 saturated heterocycles. The van der Waals surface area contributed by atoms with Gasteiger partial charge in [0.05, 0.1) is 10.9 Å². The van der Waals surface area contributed by atoms with Crippen molar-refractivity contribution in [1.82, 2.24) is 15.2 Å². The third-order valence-corrected chi connectivity index (χ3v) is 4.07. The Balaban J connectivity index is 1.90. The summed E-state index contributed by atoms with van der Waals surface area (Å²) < 4.78 is 0. The predicted molar refractivity (Wildman–Crippen MR) is 73.0 cm³/mol. The number of anilines is 1. The van der Waals surface area contributed by atoms with Crippen LogP contribution >= 0.6 is 11.6 Å². The minimum Gasteiger partial charge on any atom is -0.338 e. The summed E-state index contributed by atoms with van der Waals surface area (Å²) in [6.45, 7) is 3.93. The average molecular weight is 263 g/mol. The molecule has 1 aliphatic rings. The minimum atomic E-state index is 0.161. The van der Waals surface area contributed by atoms with Crippen LogP contribution in [0.1, 0.15) is 13.3 Å². The topological polar surface area (TPSA) is 41.9 Å². The molecule has 0 N–H and O–H groups in total. The monoisotopic (exact) mass is 262 g/mol. The summed E-state index contributed by atoms with van der Waals surface area (Å²) in [6, 6.07) is 7.78. The van der Waals surface area contributed by atoms with Crippen molar-refractivity contribution >= 4 is 28.6 Å². The van der Waals surface area contributed by atoms with Crippen molar-refractivity contribution in [3.63, 3.8) is 0 Å². The number of fused-ring (bicyclic) bond motifs is 1. The van der Waals surface area contributed by atoms with Gasteiger partial charge in [-0.1, -0.05) is 19.1 Å². The van der Waals surface area contributed by atoms with E-state index in [9.17, 15) is 0 Å². The van der Waals surface area contributed by atoms with Gasteiger partial charge in [0, 0.05) is 13.1 Å². The number of halogens is 1. The number of para-hydroxylation sites is 1. The molecule has 4 nitrogen and oxygen atoms in total. The number of nitrogens with zero attached hydrogens (tertiary/aromatic N) is 4. The molecule has 0 saturated carbocycles. The summed E-state index contributed by atoms with van der Waals surface area (Å²) in [6.07, 6.45) is 1.07. The first-order valence-electron chi connectivity index (χ1n) is 6.22. The van der Waals surface area contributed by atoms with E-state index in [0.717, 1.165) is 30.5 Å². The lowest BCUT2D eigenvalue weighted by molar-refractivity contribution is 0.441. The maximum atomic E-state index is 6.31. The predicted octanol–water partition coefficient (Wildman–Crippen LogP) is 2.48. The molecule has 0 bridgehead atoms. The number of rotatable bonds is 1. The normalized spacial score (nSPS) is 24.4. The first-order chi connectivity index (χ1) is 8.74. The maximum Gasteiger partial charge on any atom is 0.245 e. The summed E-state index contributed by atoms with van der Waals surface area (Å²) in [4.78, 5) is 6.67. The van der Waals surface area contributed by atoms with Gasteiger partial charge in [0.15, 0.2) is 0 Å². The van der Waals surface area contributed by atoms with Crippen LogP contribution in [0.4, 0.5) is 5.95 Å². The van der Waals surface area contributed by atoms with Gasteiger partial charge in [-0.2, -0.15) is 0 Å². The molecule has 1 aromatic heterocycles. The standard InChI is InChI=1S/C13H15ClN4/c1-9-6-7-18(8-10(9)14)13-15-11-4-2-3-5-12(11)16-17-13/h2-5,9-10H,6-8H2,1H3. The van der Waals surface area contributed by atoms with Gasteiger partial charge in [-0.25, -0.2) is 4.98 Å². The molecular formula is C13H15ClN4. The zero-order valence-corrected chi connectivity index (χ0v) is 11.0. The van der Waals surface area contributed by atoms with Crippen LogP contribution in [0.25, 0.3) is 11.0 Å². The second-order valence-electron chi connectivity index (χ2n) is 4.83. The Morgan fingerprint density at radius 3 is 2.78 bits per heavy atom. The van der Waals surface area contributed by atoms with Crippen molar-refractivity contribution < 1.29 is 0 Å². The molecule has 0 aliphatic carbocycles. The zero-order chi connectivity index (χ0) is 12.5. The van der Waals surface area contributed by atoms with E-state index in [0.29, 0.717) is 11.9 Å². The Kier molecular flexibility index (Phi) is 3.04. The molecule has 1 fully saturated rings. The number of piperidine rings is 1. The largest absolute Gasteiger partial charge is 0.338 e. The van der Waals surface area contributed by atoms with Crippen LogP contribution in [-0.4, -0.2) is 33.6 Å². The lowest BCUT2D eigenvalue weighted by Gasteiger charge is -2.33. The van der Waals surface area contributed by atoms with Gasteiger partial charge in [-0.3, -0.25) is 0 Å². The summed E-state index contributed by atoms with van der Waals surface area (Å²) in [5.74, 6) is 1.24.